The number of halogens is 4. The zero-order valence-electron chi connectivity index (χ0n) is 8.79. The molecule has 5 nitrogen and oxygen atoms in total. The van der Waals surface area contributed by atoms with Crippen molar-refractivity contribution in [2.24, 2.45) is 0 Å². The Balaban J connectivity index is 2.33. The summed E-state index contributed by atoms with van der Waals surface area (Å²) in [6.07, 6.45) is -3.67. The van der Waals surface area contributed by atoms with E-state index in [0.717, 1.165) is 12.3 Å². The van der Waals surface area contributed by atoms with Crippen LogP contribution in [0, 0.1) is 10.1 Å². The Kier molecular flexibility index (Phi) is 2.84. The lowest BCUT2D eigenvalue weighted by Crippen LogP contribution is -2.39. The summed E-state index contributed by atoms with van der Waals surface area (Å²) in [6, 6.07) is 0.962. The van der Waals surface area contributed by atoms with E-state index in [2.05, 4.69) is 10.3 Å². The summed E-state index contributed by atoms with van der Waals surface area (Å²) in [5.74, 6) is -0.417. The first-order valence-electron chi connectivity index (χ1n) is 4.90. The van der Waals surface area contributed by atoms with E-state index in [0.29, 0.717) is 0 Å². The monoisotopic (exact) mass is 281 g/mol. The Morgan fingerprint density at radius 2 is 2.11 bits per heavy atom. The smallest absolute Gasteiger partial charge is 0.350 e. The minimum atomic E-state index is -4.47. The van der Waals surface area contributed by atoms with Crippen molar-refractivity contribution in [3.05, 3.63) is 27.4 Å². The van der Waals surface area contributed by atoms with Gasteiger partial charge in [0.2, 0.25) is 5.82 Å². The molecular formula is C9H7ClF3N3O2. The number of nitro groups is 1. The van der Waals surface area contributed by atoms with Crippen LogP contribution >= 0.6 is 11.6 Å². The van der Waals surface area contributed by atoms with Crippen LogP contribution in [-0.4, -0.2) is 21.6 Å². The van der Waals surface area contributed by atoms with E-state index in [1.807, 2.05) is 0 Å². The topological polar surface area (TPSA) is 68.1 Å². The number of nitrogens with zero attached hydrogens (tertiary/aromatic N) is 2. The van der Waals surface area contributed by atoms with Gasteiger partial charge in [0, 0.05) is 12.3 Å². The highest BCUT2D eigenvalue weighted by atomic mass is 35.5. The van der Waals surface area contributed by atoms with E-state index in [9.17, 15) is 23.3 Å². The van der Waals surface area contributed by atoms with Gasteiger partial charge in [0.25, 0.3) is 0 Å². The molecule has 0 unspecified atom stereocenters. The van der Waals surface area contributed by atoms with Crippen molar-refractivity contribution in [3.63, 3.8) is 0 Å². The molecule has 0 aromatic carbocycles. The average molecular weight is 282 g/mol. The maximum Gasteiger partial charge on any atom is 0.411 e. The number of aromatic nitrogens is 1. The molecule has 0 amide bonds. The van der Waals surface area contributed by atoms with E-state index in [-0.39, 0.29) is 17.9 Å². The largest absolute Gasteiger partial charge is 0.411 e. The molecule has 1 aliphatic carbocycles. The number of nitrogens with one attached hydrogen (secondary N) is 1. The van der Waals surface area contributed by atoms with Crippen LogP contribution in [-0.2, 0) is 0 Å². The fourth-order valence-electron chi connectivity index (χ4n) is 1.50. The SMILES string of the molecule is O=[N+]([O-])c1cc(Cl)cnc1NC1(C(F)(F)F)CC1. The van der Waals surface area contributed by atoms with Crippen molar-refractivity contribution in [2.45, 2.75) is 24.6 Å². The van der Waals surface area contributed by atoms with Crippen LogP contribution in [0.5, 0.6) is 0 Å². The first kappa shape index (κ1) is 12.9. The van der Waals surface area contributed by atoms with Gasteiger partial charge in [0.05, 0.1) is 9.95 Å². The first-order chi connectivity index (χ1) is 8.25. The average Bonchev–Trinajstić information content (AvgIpc) is 3.00. The lowest BCUT2D eigenvalue weighted by atomic mass is 10.2. The molecule has 0 atom stereocenters. The normalized spacial score (nSPS) is 17.3. The highest BCUT2D eigenvalue weighted by molar-refractivity contribution is 6.30. The van der Waals surface area contributed by atoms with E-state index in [1.54, 1.807) is 0 Å². The second-order valence-corrected chi connectivity index (χ2v) is 4.42. The molecule has 1 N–H and O–H groups in total. The molecule has 0 spiro atoms. The van der Waals surface area contributed by atoms with Gasteiger partial charge in [-0.15, -0.1) is 0 Å². The molecule has 0 bridgehead atoms. The van der Waals surface area contributed by atoms with Gasteiger partial charge in [-0.05, 0) is 12.8 Å². The summed E-state index contributed by atoms with van der Waals surface area (Å²) >= 11 is 5.52. The number of alkyl halides is 3. The number of hydrogen-bond donors (Lipinski definition) is 1. The Morgan fingerprint density at radius 3 is 2.56 bits per heavy atom. The Hall–Kier alpha value is -1.57. The minimum absolute atomic E-state index is 0.0101. The molecular weight excluding hydrogens is 275 g/mol. The molecule has 1 aliphatic rings. The Morgan fingerprint density at radius 1 is 1.50 bits per heavy atom. The molecule has 0 aliphatic heterocycles. The predicted octanol–water partition coefficient (Wildman–Crippen LogP) is 3.15. The van der Waals surface area contributed by atoms with Gasteiger partial charge >= 0.3 is 11.9 Å². The second-order valence-electron chi connectivity index (χ2n) is 3.98. The van der Waals surface area contributed by atoms with E-state index in [4.69, 9.17) is 11.6 Å². The summed E-state index contributed by atoms with van der Waals surface area (Å²) in [5.41, 5.74) is -2.67. The van der Waals surface area contributed by atoms with Gasteiger partial charge in [-0.3, -0.25) is 10.1 Å². The van der Waals surface area contributed by atoms with Crippen LogP contribution in [0.4, 0.5) is 24.7 Å². The summed E-state index contributed by atoms with van der Waals surface area (Å²) in [5, 5.41) is 12.8. The standard InChI is InChI=1S/C9H7ClF3N3O2/c10-5-3-6(16(17)18)7(14-4-5)15-8(1-2-8)9(11,12)13/h3-4H,1-2H2,(H,14,15). The molecule has 9 heteroatoms. The van der Waals surface area contributed by atoms with Crippen molar-refractivity contribution in [3.8, 4) is 0 Å². The van der Waals surface area contributed by atoms with Gasteiger partial charge in [-0.2, -0.15) is 13.2 Å². The van der Waals surface area contributed by atoms with E-state index in [1.165, 1.54) is 0 Å². The van der Waals surface area contributed by atoms with Gasteiger partial charge in [0.1, 0.15) is 5.54 Å². The molecule has 18 heavy (non-hydrogen) atoms. The van der Waals surface area contributed by atoms with Gasteiger partial charge < -0.3 is 5.32 Å². The van der Waals surface area contributed by atoms with Crippen LogP contribution < -0.4 is 5.32 Å². The molecule has 0 saturated heterocycles. The van der Waals surface area contributed by atoms with Crippen molar-refractivity contribution in [1.82, 2.24) is 4.98 Å². The van der Waals surface area contributed by atoms with Crippen LogP contribution in [0.15, 0.2) is 12.3 Å². The highest BCUT2D eigenvalue weighted by Gasteiger charge is 2.64. The third-order valence-electron chi connectivity index (χ3n) is 2.68. The first-order valence-corrected chi connectivity index (χ1v) is 5.28. The molecule has 1 saturated carbocycles. The molecule has 0 radical (unpaired) electrons. The number of pyridine rings is 1. The van der Waals surface area contributed by atoms with E-state index < -0.39 is 28.1 Å². The van der Waals surface area contributed by atoms with Gasteiger partial charge in [-0.1, -0.05) is 11.6 Å². The van der Waals surface area contributed by atoms with Crippen LogP contribution in [0.25, 0.3) is 0 Å². The molecule has 2 rings (SSSR count). The van der Waals surface area contributed by atoms with Crippen LogP contribution in [0.2, 0.25) is 5.02 Å². The zero-order chi connectivity index (χ0) is 13.6. The van der Waals surface area contributed by atoms with Gasteiger partial charge in [0.15, 0.2) is 0 Å². The molecule has 1 heterocycles. The zero-order valence-corrected chi connectivity index (χ0v) is 9.55. The summed E-state index contributed by atoms with van der Waals surface area (Å²) in [4.78, 5) is 13.4. The molecule has 98 valence electrons. The fraction of sp³-hybridized carbons (Fsp3) is 0.444. The fourth-order valence-corrected chi connectivity index (χ4v) is 1.65. The summed E-state index contributed by atoms with van der Waals surface area (Å²) in [7, 11) is 0. The van der Waals surface area contributed by atoms with Crippen LogP contribution in [0.1, 0.15) is 12.8 Å². The van der Waals surface area contributed by atoms with Crippen molar-refractivity contribution < 1.29 is 18.1 Å². The lowest BCUT2D eigenvalue weighted by molar-refractivity contribution is -0.384. The molecule has 1 aromatic rings. The summed E-state index contributed by atoms with van der Waals surface area (Å²) in [6.45, 7) is 0. The quantitative estimate of drug-likeness (QED) is 0.682. The highest BCUT2D eigenvalue weighted by Crippen LogP contribution is 2.51. The maximum atomic E-state index is 12.7. The van der Waals surface area contributed by atoms with Crippen LogP contribution in [0.3, 0.4) is 0 Å². The lowest BCUT2D eigenvalue weighted by Gasteiger charge is -2.20. The molecule has 1 aromatic heterocycles. The predicted molar refractivity (Wildman–Crippen MR) is 57.5 cm³/mol. The molecule has 1 fully saturated rings. The van der Waals surface area contributed by atoms with Crippen molar-refractivity contribution in [1.29, 1.82) is 0 Å². The Bertz CT molecular complexity index is 502. The van der Waals surface area contributed by atoms with E-state index >= 15 is 0 Å². The third kappa shape index (κ3) is 2.20. The second kappa shape index (κ2) is 3.98. The number of anilines is 1. The number of hydrogen-bond acceptors (Lipinski definition) is 4. The summed E-state index contributed by atoms with van der Waals surface area (Å²) < 4.78 is 38.1. The van der Waals surface area contributed by atoms with Gasteiger partial charge in [-0.25, -0.2) is 4.98 Å². The number of rotatable bonds is 3. The Labute approximate surface area is 104 Å². The minimum Gasteiger partial charge on any atom is -0.350 e. The van der Waals surface area contributed by atoms with Crippen molar-refractivity contribution >= 4 is 23.1 Å². The maximum absolute atomic E-state index is 12.7. The van der Waals surface area contributed by atoms with Crippen molar-refractivity contribution in [2.75, 3.05) is 5.32 Å². The third-order valence-corrected chi connectivity index (χ3v) is 2.89.